The van der Waals surface area contributed by atoms with E-state index in [0.717, 1.165) is 19.4 Å². The molecule has 0 aliphatic heterocycles. The Morgan fingerprint density at radius 1 is 1.14 bits per heavy atom. The number of nitrogens with two attached hydrogens (primary N) is 1. The van der Waals surface area contributed by atoms with Gasteiger partial charge in [-0.3, -0.25) is 0 Å². The highest BCUT2D eigenvalue weighted by Crippen LogP contribution is 2.00. The van der Waals surface area contributed by atoms with Crippen molar-refractivity contribution >= 4 is 6.08 Å². The molecule has 1 aromatic rings. The maximum absolute atomic E-state index is 5.03. The van der Waals surface area contributed by atoms with Gasteiger partial charge in [-0.25, -0.2) is 0 Å². The highest BCUT2D eigenvalue weighted by atomic mass is 14.5. The Morgan fingerprint density at radius 3 is 2.14 bits per heavy atom. The lowest BCUT2D eigenvalue weighted by molar-refractivity contribution is 0.932. The Morgan fingerprint density at radius 2 is 1.71 bits per heavy atom. The van der Waals surface area contributed by atoms with Gasteiger partial charge in [0.1, 0.15) is 0 Å². The van der Waals surface area contributed by atoms with E-state index in [0.29, 0.717) is 0 Å². The second kappa shape index (κ2) is 10.0. The van der Waals surface area contributed by atoms with Gasteiger partial charge < -0.3 is 5.73 Å². The largest absolute Gasteiger partial charge is 0.330 e. The molecule has 0 heterocycles. The third-order valence-electron chi connectivity index (χ3n) is 1.63. The lowest BCUT2D eigenvalue weighted by atomic mass is 10.2. The summed E-state index contributed by atoms with van der Waals surface area (Å²) in [6.45, 7) is 5.01. The molecule has 1 nitrogen and oxygen atoms in total. The Bertz CT molecular complexity index is 224. The van der Waals surface area contributed by atoms with Crippen molar-refractivity contribution in [3.63, 3.8) is 0 Å². The molecule has 14 heavy (non-hydrogen) atoms. The van der Waals surface area contributed by atoms with Crippen LogP contribution in [-0.2, 0) is 0 Å². The normalized spacial score (nSPS) is 9.64. The van der Waals surface area contributed by atoms with Crippen LogP contribution in [0.25, 0.3) is 6.08 Å². The fourth-order valence-electron chi connectivity index (χ4n) is 0.818. The summed E-state index contributed by atoms with van der Waals surface area (Å²) in [6, 6.07) is 10.3. The predicted molar refractivity (Wildman–Crippen MR) is 65.1 cm³/mol. The average molecular weight is 191 g/mol. The number of hydrogen-bond donors (Lipinski definition) is 1. The minimum absolute atomic E-state index is 0.819. The molecule has 0 amide bonds. The van der Waals surface area contributed by atoms with E-state index in [9.17, 15) is 0 Å². The molecule has 0 saturated carbocycles. The summed E-state index contributed by atoms with van der Waals surface area (Å²) in [5.74, 6) is 0. The van der Waals surface area contributed by atoms with Gasteiger partial charge in [-0.15, -0.1) is 0 Å². The average Bonchev–Trinajstić information content (AvgIpc) is 2.28. The smallest absolute Gasteiger partial charge is 0.00799 e. The van der Waals surface area contributed by atoms with E-state index < -0.39 is 0 Å². The molecule has 1 aromatic carbocycles. The second-order valence-electron chi connectivity index (χ2n) is 3.01. The first kappa shape index (κ1) is 12.9. The van der Waals surface area contributed by atoms with Crippen molar-refractivity contribution in [2.45, 2.75) is 26.7 Å². The Kier molecular flexibility index (Phi) is 9.23. The molecular formula is C13H21N. The van der Waals surface area contributed by atoms with Gasteiger partial charge in [0, 0.05) is 0 Å². The molecule has 0 unspecified atom stereocenters. The zero-order valence-electron chi connectivity index (χ0n) is 9.24. The fourth-order valence-corrected chi connectivity index (χ4v) is 0.818. The number of benzene rings is 1. The van der Waals surface area contributed by atoms with Crippen molar-refractivity contribution in [2.75, 3.05) is 6.54 Å². The Labute approximate surface area is 87.6 Å². The zero-order chi connectivity index (χ0) is 10.6. The van der Waals surface area contributed by atoms with Gasteiger partial charge in [0.15, 0.2) is 0 Å². The molecule has 78 valence electrons. The number of rotatable bonds is 3. The molecule has 0 atom stereocenters. The van der Waals surface area contributed by atoms with Gasteiger partial charge >= 0.3 is 0 Å². The maximum atomic E-state index is 5.03. The molecule has 1 heteroatoms. The molecule has 2 N–H and O–H groups in total. The summed E-state index contributed by atoms with van der Waals surface area (Å²) >= 11 is 0. The molecule has 0 radical (unpaired) electrons. The Balaban J connectivity index is 0.000000364. The number of allylic oxidation sites excluding steroid dienone is 1. The Hall–Kier alpha value is -1.08. The molecule has 0 aromatic heterocycles. The highest BCUT2D eigenvalue weighted by Gasteiger charge is 1.78. The third-order valence-corrected chi connectivity index (χ3v) is 1.63. The second-order valence-corrected chi connectivity index (χ2v) is 3.01. The van der Waals surface area contributed by atoms with Crippen LogP contribution in [0.4, 0.5) is 0 Å². The van der Waals surface area contributed by atoms with E-state index in [2.05, 4.69) is 50.3 Å². The van der Waals surface area contributed by atoms with Crippen LogP contribution < -0.4 is 5.73 Å². The van der Waals surface area contributed by atoms with E-state index in [4.69, 9.17) is 5.73 Å². The van der Waals surface area contributed by atoms with E-state index in [-0.39, 0.29) is 0 Å². The number of hydrogen-bond acceptors (Lipinski definition) is 1. The molecule has 0 saturated heterocycles. The van der Waals surface area contributed by atoms with Crippen molar-refractivity contribution in [1.82, 2.24) is 0 Å². The third kappa shape index (κ3) is 7.56. The SMILES string of the molecule is CC/C=C\c1ccccc1.CCCN. The van der Waals surface area contributed by atoms with Gasteiger partial charge in [-0.1, -0.05) is 56.3 Å². The highest BCUT2D eigenvalue weighted by molar-refractivity contribution is 5.48. The summed E-state index contributed by atoms with van der Waals surface area (Å²) in [5, 5.41) is 0. The summed E-state index contributed by atoms with van der Waals surface area (Å²) in [5.41, 5.74) is 6.31. The molecule has 0 spiro atoms. The first-order valence-electron chi connectivity index (χ1n) is 5.26. The van der Waals surface area contributed by atoms with Gasteiger partial charge in [-0.2, -0.15) is 0 Å². The monoisotopic (exact) mass is 191 g/mol. The van der Waals surface area contributed by atoms with E-state index in [1.807, 2.05) is 6.07 Å². The summed E-state index contributed by atoms with van der Waals surface area (Å²) < 4.78 is 0. The van der Waals surface area contributed by atoms with Crippen LogP contribution >= 0.6 is 0 Å². The topological polar surface area (TPSA) is 26.0 Å². The molecule has 0 bridgehead atoms. The van der Waals surface area contributed by atoms with Crippen LogP contribution in [0, 0.1) is 0 Å². The maximum Gasteiger partial charge on any atom is -0.00799 e. The van der Waals surface area contributed by atoms with Crippen LogP contribution in [0.1, 0.15) is 32.3 Å². The van der Waals surface area contributed by atoms with Crippen molar-refractivity contribution < 1.29 is 0 Å². The first-order valence-corrected chi connectivity index (χ1v) is 5.26. The van der Waals surface area contributed by atoms with Crippen LogP contribution in [-0.4, -0.2) is 6.54 Å². The van der Waals surface area contributed by atoms with Gasteiger partial charge in [0.05, 0.1) is 0 Å². The van der Waals surface area contributed by atoms with Crippen molar-refractivity contribution in [3.8, 4) is 0 Å². The van der Waals surface area contributed by atoms with Crippen LogP contribution in [0.5, 0.6) is 0 Å². The summed E-state index contributed by atoms with van der Waals surface area (Å²) in [6.07, 6.45) is 6.50. The van der Waals surface area contributed by atoms with Gasteiger partial charge in [0.25, 0.3) is 0 Å². The molecule has 1 rings (SSSR count). The minimum atomic E-state index is 0.819. The van der Waals surface area contributed by atoms with E-state index in [1.165, 1.54) is 5.56 Å². The standard InChI is InChI=1S/C10H12.C3H9N/c1-2-3-7-10-8-5-4-6-9-10;1-2-3-4/h3-9H,2H2,1H3;2-4H2,1H3/b7-3-;. The molecule has 0 aliphatic carbocycles. The molecule has 0 aliphatic rings. The summed E-state index contributed by atoms with van der Waals surface area (Å²) in [4.78, 5) is 0. The minimum Gasteiger partial charge on any atom is -0.330 e. The zero-order valence-corrected chi connectivity index (χ0v) is 9.24. The van der Waals surface area contributed by atoms with E-state index in [1.54, 1.807) is 0 Å². The van der Waals surface area contributed by atoms with Crippen LogP contribution in [0.3, 0.4) is 0 Å². The van der Waals surface area contributed by atoms with Crippen LogP contribution in [0.2, 0.25) is 0 Å². The lowest BCUT2D eigenvalue weighted by Gasteiger charge is -1.88. The summed E-state index contributed by atoms with van der Waals surface area (Å²) in [7, 11) is 0. The lowest BCUT2D eigenvalue weighted by Crippen LogP contribution is -1.93. The van der Waals surface area contributed by atoms with Crippen molar-refractivity contribution in [2.24, 2.45) is 5.73 Å². The van der Waals surface area contributed by atoms with Gasteiger partial charge in [0.2, 0.25) is 0 Å². The van der Waals surface area contributed by atoms with Gasteiger partial charge in [-0.05, 0) is 24.9 Å². The van der Waals surface area contributed by atoms with E-state index >= 15 is 0 Å². The van der Waals surface area contributed by atoms with Crippen molar-refractivity contribution in [1.29, 1.82) is 0 Å². The molecular weight excluding hydrogens is 170 g/mol. The van der Waals surface area contributed by atoms with Crippen LogP contribution in [0.15, 0.2) is 36.4 Å². The first-order chi connectivity index (χ1) is 6.85. The predicted octanol–water partition coefficient (Wildman–Crippen LogP) is 3.46. The quantitative estimate of drug-likeness (QED) is 0.778. The molecule has 0 fully saturated rings. The van der Waals surface area contributed by atoms with Crippen molar-refractivity contribution in [3.05, 3.63) is 42.0 Å². The fraction of sp³-hybridized carbons (Fsp3) is 0.385.